The number of halogens is 3. The van der Waals surface area contributed by atoms with E-state index in [4.69, 9.17) is 34.8 Å². The van der Waals surface area contributed by atoms with Crippen molar-refractivity contribution in [1.82, 2.24) is 0 Å². The second-order valence-corrected chi connectivity index (χ2v) is 5.16. The van der Waals surface area contributed by atoms with Crippen LogP contribution >= 0.6 is 34.8 Å². The fourth-order valence-corrected chi connectivity index (χ4v) is 2.92. The molecule has 2 rings (SSSR count). The van der Waals surface area contributed by atoms with Gasteiger partial charge in [0.25, 0.3) is 0 Å². The zero-order valence-electron chi connectivity index (χ0n) is 7.08. The Hall–Kier alpha value is -0.240. The lowest BCUT2D eigenvalue weighted by atomic mass is 10.1. The van der Waals surface area contributed by atoms with Gasteiger partial charge in [0.1, 0.15) is 4.33 Å². The summed E-state index contributed by atoms with van der Waals surface area (Å²) in [6, 6.07) is 9.45. The van der Waals surface area contributed by atoms with Crippen LogP contribution in [0.4, 0.5) is 0 Å². The van der Waals surface area contributed by atoms with Gasteiger partial charge in [-0.25, -0.2) is 0 Å². The van der Waals surface area contributed by atoms with E-state index in [0.29, 0.717) is 0 Å². The van der Waals surface area contributed by atoms with Gasteiger partial charge in [0.2, 0.25) is 5.24 Å². The Bertz CT molecular complexity index is 361. The lowest BCUT2D eigenvalue weighted by molar-refractivity contribution is -0.112. The predicted molar refractivity (Wildman–Crippen MR) is 58.0 cm³/mol. The number of carbonyl (C=O) groups is 1. The van der Waals surface area contributed by atoms with Crippen LogP contribution in [0.2, 0.25) is 0 Å². The van der Waals surface area contributed by atoms with Crippen molar-refractivity contribution in [3.05, 3.63) is 35.9 Å². The highest BCUT2D eigenvalue weighted by Gasteiger charge is 2.67. The third-order valence-corrected chi connectivity index (χ3v) is 3.63. The second-order valence-electron chi connectivity index (χ2n) is 3.34. The zero-order valence-corrected chi connectivity index (χ0v) is 9.35. The van der Waals surface area contributed by atoms with Gasteiger partial charge in [-0.2, -0.15) is 0 Å². The lowest BCUT2D eigenvalue weighted by Gasteiger charge is -1.97. The largest absolute Gasteiger partial charge is 0.281 e. The molecule has 1 fully saturated rings. The van der Waals surface area contributed by atoms with E-state index in [1.165, 1.54) is 0 Å². The number of hydrogen-bond donors (Lipinski definition) is 0. The van der Waals surface area contributed by atoms with Crippen molar-refractivity contribution in [1.29, 1.82) is 0 Å². The molecule has 0 unspecified atom stereocenters. The van der Waals surface area contributed by atoms with Crippen LogP contribution in [0.5, 0.6) is 0 Å². The Morgan fingerprint density at radius 1 is 1.21 bits per heavy atom. The summed E-state index contributed by atoms with van der Waals surface area (Å²) in [5.41, 5.74) is 0.955. The van der Waals surface area contributed by atoms with Crippen molar-refractivity contribution in [2.45, 2.75) is 10.3 Å². The van der Waals surface area contributed by atoms with Gasteiger partial charge in [-0.15, -0.1) is 23.2 Å². The highest BCUT2D eigenvalue weighted by Crippen LogP contribution is 2.65. The maximum absolute atomic E-state index is 11.0. The Kier molecular flexibility index (Phi) is 2.50. The van der Waals surface area contributed by atoms with E-state index in [0.717, 1.165) is 5.56 Å². The van der Waals surface area contributed by atoms with Gasteiger partial charge in [-0.05, 0) is 17.2 Å². The molecular formula is C10H7Cl3O. The molecule has 2 atom stereocenters. The molecule has 1 aliphatic carbocycles. The van der Waals surface area contributed by atoms with Crippen LogP contribution in [-0.4, -0.2) is 9.58 Å². The molecule has 0 amide bonds. The second kappa shape index (κ2) is 3.41. The van der Waals surface area contributed by atoms with E-state index in [2.05, 4.69) is 0 Å². The van der Waals surface area contributed by atoms with Crippen LogP contribution < -0.4 is 0 Å². The van der Waals surface area contributed by atoms with Crippen LogP contribution in [0.15, 0.2) is 30.3 Å². The van der Waals surface area contributed by atoms with Crippen LogP contribution in [-0.2, 0) is 4.79 Å². The van der Waals surface area contributed by atoms with Crippen LogP contribution in [0.1, 0.15) is 11.5 Å². The number of carbonyl (C=O) groups excluding carboxylic acids is 1. The molecule has 0 N–H and O–H groups in total. The molecule has 74 valence electrons. The first kappa shape index (κ1) is 10.3. The summed E-state index contributed by atoms with van der Waals surface area (Å²) in [6.45, 7) is 0. The van der Waals surface area contributed by atoms with E-state index in [9.17, 15) is 4.79 Å². The van der Waals surface area contributed by atoms with Crippen LogP contribution in [0.25, 0.3) is 0 Å². The minimum absolute atomic E-state index is 0.169. The molecule has 0 aromatic heterocycles. The monoisotopic (exact) mass is 248 g/mol. The lowest BCUT2D eigenvalue weighted by Crippen LogP contribution is -1.96. The summed E-state index contributed by atoms with van der Waals surface area (Å²) in [4.78, 5) is 11.0. The molecule has 4 heteroatoms. The minimum Gasteiger partial charge on any atom is -0.281 e. The molecule has 0 heterocycles. The Labute approximate surface area is 97.0 Å². The number of benzene rings is 1. The molecule has 14 heavy (non-hydrogen) atoms. The topological polar surface area (TPSA) is 17.1 Å². The zero-order chi connectivity index (χ0) is 10.3. The summed E-state index contributed by atoms with van der Waals surface area (Å²) in [6.07, 6.45) is 0. The SMILES string of the molecule is O=C(Cl)[C@@H]1[C@H](c2ccccc2)C1(Cl)Cl. The van der Waals surface area contributed by atoms with Crippen molar-refractivity contribution in [3.63, 3.8) is 0 Å². The molecular weight excluding hydrogens is 242 g/mol. The third-order valence-electron chi connectivity index (χ3n) is 2.46. The maximum Gasteiger partial charge on any atom is 0.228 e. The van der Waals surface area contributed by atoms with Crippen molar-refractivity contribution in [2.75, 3.05) is 0 Å². The van der Waals surface area contributed by atoms with E-state index < -0.39 is 15.5 Å². The smallest absolute Gasteiger partial charge is 0.228 e. The molecule has 1 nitrogen and oxygen atoms in total. The average Bonchev–Trinajstić information content (AvgIpc) is 2.71. The fraction of sp³-hybridized carbons (Fsp3) is 0.300. The van der Waals surface area contributed by atoms with Gasteiger partial charge in [0, 0.05) is 5.92 Å². The fourth-order valence-electron chi connectivity index (χ4n) is 1.68. The molecule has 1 aromatic rings. The summed E-state index contributed by atoms with van der Waals surface area (Å²) in [7, 11) is 0. The molecule has 0 aliphatic heterocycles. The first-order valence-electron chi connectivity index (χ1n) is 4.17. The first-order chi connectivity index (χ1) is 6.55. The summed E-state index contributed by atoms with van der Waals surface area (Å²) < 4.78 is -1.03. The van der Waals surface area contributed by atoms with Gasteiger partial charge < -0.3 is 0 Å². The number of alkyl halides is 2. The average molecular weight is 250 g/mol. The summed E-state index contributed by atoms with van der Waals surface area (Å²) >= 11 is 17.3. The standard InChI is InChI=1S/C10H7Cl3O/c11-9(14)8-7(10(8,12)13)6-4-2-1-3-5-6/h1-5,7-8H/t7-,8-/m0/s1. The maximum atomic E-state index is 11.0. The molecule has 0 radical (unpaired) electrons. The number of rotatable bonds is 2. The number of hydrogen-bond acceptors (Lipinski definition) is 1. The highest BCUT2D eigenvalue weighted by molar-refractivity contribution is 6.68. The van der Waals surface area contributed by atoms with Crippen molar-refractivity contribution in [3.8, 4) is 0 Å². The molecule has 0 bridgehead atoms. The van der Waals surface area contributed by atoms with E-state index in [1.807, 2.05) is 30.3 Å². The van der Waals surface area contributed by atoms with Crippen molar-refractivity contribution < 1.29 is 4.79 Å². The summed E-state index contributed by atoms with van der Waals surface area (Å²) in [5, 5.41) is -0.469. The molecule has 0 saturated heterocycles. The molecule has 1 saturated carbocycles. The van der Waals surface area contributed by atoms with Gasteiger partial charge in [0.05, 0.1) is 5.92 Å². The minimum atomic E-state index is -1.03. The van der Waals surface area contributed by atoms with E-state index in [-0.39, 0.29) is 5.92 Å². The van der Waals surface area contributed by atoms with E-state index in [1.54, 1.807) is 0 Å². The van der Waals surface area contributed by atoms with Crippen LogP contribution in [0, 0.1) is 5.92 Å². The Morgan fingerprint density at radius 3 is 2.21 bits per heavy atom. The summed E-state index contributed by atoms with van der Waals surface area (Å²) in [5.74, 6) is -0.646. The third kappa shape index (κ3) is 1.54. The van der Waals surface area contributed by atoms with Gasteiger partial charge >= 0.3 is 0 Å². The van der Waals surface area contributed by atoms with Crippen molar-refractivity contribution >= 4 is 40.0 Å². The first-order valence-corrected chi connectivity index (χ1v) is 5.30. The highest BCUT2D eigenvalue weighted by atomic mass is 35.5. The van der Waals surface area contributed by atoms with Gasteiger partial charge in [-0.1, -0.05) is 30.3 Å². The Morgan fingerprint density at radius 2 is 1.79 bits per heavy atom. The van der Waals surface area contributed by atoms with Crippen LogP contribution in [0.3, 0.4) is 0 Å². The molecule has 0 spiro atoms. The van der Waals surface area contributed by atoms with Gasteiger partial charge in [-0.3, -0.25) is 4.79 Å². The Balaban J connectivity index is 2.28. The molecule has 1 aliphatic rings. The predicted octanol–water partition coefficient (Wildman–Crippen LogP) is 3.34. The normalized spacial score (nSPS) is 28.5. The quantitative estimate of drug-likeness (QED) is 0.580. The molecule has 1 aromatic carbocycles. The van der Waals surface area contributed by atoms with Crippen molar-refractivity contribution in [2.24, 2.45) is 5.92 Å². The van der Waals surface area contributed by atoms with E-state index >= 15 is 0 Å². The van der Waals surface area contributed by atoms with Gasteiger partial charge in [0.15, 0.2) is 0 Å².